The first kappa shape index (κ1) is 8.38. The molecule has 1 aromatic heterocycles. The predicted molar refractivity (Wildman–Crippen MR) is 46.7 cm³/mol. The number of nitrogens with zero attached hydrogens (tertiary/aromatic N) is 1. The van der Waals surface area contributed by atoms with Gasteiger partial charge in [0.15, 0.2) is 0 Å². The highest BCUT2D eigenvalue weighted by Crippen LogP contribution is 2.24. The third-order valence-electron chi connectivity index (χ3n) is 1.73. The van der Waals surface area contributed by atoms with Crippen molar-refractivity contribution < 1.29 is 8.78 Å². The van der Waals surface area contributed by atoms with Crippen LogP contribution in [0.1, 0.15) is 0 Å². The number of benzene rings is 1. The molecule has 0 N–H and O–H groups in total. The highest BCUT2D eigenvalue weighted by Gasteiger charge is 2.07. The zero-order valence-corrected chi connectivity index (χ0v) is 7.15. The van der Waals surface area contributed by atoms with Crippen LogP contribution < -0.4 is 0 Å². The molecule has 0 aliphatic carbocycles. The maximum atomic E-state index is 13.1. The van der Waals surface area contributed by atoms with Gasteiger partial charge in [-0.2, -0.15) is 0 Å². The molecule has 0 fully saturated rings. The average molecular weight is 200 g/mol. The van der Waals surface area contributed by atoms with Crippen LogP contribution in [-0.4, -0.2) is 4.98 Å². The molecular weight excluding hydrogens is 196 g/mol. The summed E-state index contributed by atoms with van der Waals surface area (Å²) in [5.41, 5.74) is 0. The van der Waals surface area contributed by atoms with E-state index in [-0.39, 0.29) is 10.5 Å². The number of rotatable bonds is 0. The first-order chi connectivity index (χ1) is 6.18. The van der Waals surface area contributed by atoms with E-state index in [1.165, 1.54) is 18.3 Å². The van der Waals surface area contributed by atoms with Crippen molar-refractivity contribution in [1.29, 1.82) is 0 Å². The maximum Gasteiger partial charge on any atom is 0.139 e. The Morgan fingerprint density at radius 2 is 2.00 bits per heavy atom. The summed E-state index contributed by atoms with van der Waals surface area (Å²) in [7, 11) is 0. The van der Waals surface area contributed by atoms with E-state index >= 15 is 0 Å². The number of halogens is 3. The monoisotopic (exact) mass is 199 g/mol. The van der Waals surface area contributed by atoms with Crippen LogP contribution in [0.4, 0.5) is 8.78 Å². The fourth-order valence-corrected chi connectivity index (χ4v) is 1.45. The van der Waals surface area contributed by atoms with Crippen molar-refractivity contribution in [3.05, 3.63) is 41.2 Å². The third-order valence-corrected chi connectivity index (χ3v) is 2.02. The number of fused-ring (bicyclic) bond motifs is 1. The molecule has 0 spiro atoms. The van der Waals surface area contributed by atoms with Crippen molar-refractivity contribution in [2.75, 3.05) is 0 Å². The Bertz CT molecular complexity index is 470. The van der Waals surface area contributed by atoms with Crippen molar-refractivity contribution in [2.24, 2.45) is 0 Å². The zero-order chi connectivity index (χ0) is 9.42. The maximum absolute atomic E-state index is 13.1. The molecule has 0 aliphatic heterocycles. The highest BCUT2D eigenvalue weighted by atomic mass is 35.5. The van der Waals surface area contributed by atoms with Crippen molar-refractivity contribution in [2.45, 2.75) is 0 Å². The van der Waals surface area contributed by atoms with E-state index in [4.69, 9.17) is 11.6 Å². The number of aromatic nitrogens is 1. The van der Waals surface area contributed by atoms with Crippen molar-refractivity contribution in [1.82, 2.24) is 4.98 Å². The summed E-state index contributed by atoms with van der Waals surface area (Å²) in [6.45, 7) is 0. The third kappa shape index (κ3) is 1.35. The highest BCUT2D eigenvalue weighted by molar-refractivity contribution is 6.34. The Kier molecular flexibility index (Phi) is 1.88. The van der Waals surface area contributed by atoms with Crippen molar-refractivity contribution in [3.8, 4) is 0 Å². The van der Waals surface area contributed by atoms with Crippen LogP contribution in [0.5, 0.6) is 0 Å². The number of pyridine rings is 1. The van der Waals surface area contributed by atoms with E-state index in [0.717, 1.165) is 6.07 Å². The minimum absolute atomic E-state index is 0.0509. The molecule has 0 saturated heterocycles. The first-order valence-electron chi connectivity index (χ1n) is 3.58. The summed E-state index contributed by atoms with van der Waals surface area (Å²) in [5.74, 6) is -1.31. The van der Waals surface area contributed by atoms with Crippen LogP contribution in [0, 0.1) is 11.6 Å². The normalized spacial score (nSPS) is 10.7. The topological polar surface area (TPSA) is 12.9 Å². The molecule has 4 heteroatoms. The van der Waals surface area contributed by atoms with Gasteiger partial charge in [-0.1, -0.05) is 11.6 Å². The van der Waals surface area contributed by atoms with Gasteiger partial charge >= 0.3 is 0 Å². The summed E-state index contributed by atoms with van der Waals surface area (Å²) in [5, 5.41) is 0.623. The van der Waals surface area contributed by atoms with Gasteiger partial charge in [-0.25, -0.2) is 13.8 Å². The van der Waals surface area contributed by atoms with Crippen LogP contribution >= 0.6 is 11.6 Å². The Labute approximate surface area is 78.0 Å². The standard InChI is InChI=1S/C9H4ClF2N/c10-9-8-5(1-2-13-9)3-6(11)4-7(8)12/h1-4H. The van der Waals surface area contributed by atoms with Gasteiger partial charge in [0.2, 0.25) is 0 Å². The Morgan fingerprint density at radius 1 is 1.23 bits per heavy atom. The summed E-state index contributed by atoms with van der Waals surface area (Å²) < 4.78 is 25.9. The molecule has 0 atom stereocenters. The van der Waals surface area contributed by atoms with Crippen LogP contribution in [0.2, 0.25) is 5.15 Å². The lowest BCUT2D eigenvalue weighted by atomic mass is 10.1. The molecule has 2 rings (SSSR count). The molecule has 0 radical (unpaired) electrons. The van der Waals surface area contributed by atoms with Gasteiger partial charge < -0.3 is 0 Å². The smallest absolute Gasteiger partial charge is 0.139 e. The second-order valence-electron chi connectivity index (χ2n) is 2.59. The van der Waals surface area contributed by atoms with Crippen LogP contribution in [0.3, 0.4) is 0 Å². The largest absolute Gasteiger partial charge is 0.244 e. The van der Waals surface area contributed by atoms with E-state index < -0.39 is 11.6 Å². The average Bonchev–Trinajstić information content (AvgIpc) is 2.02. The predicted octanol–water partition coefficient (Wildman–Crippen LogP) is 3.17. The van der Waals surface area contributed by atoms with Gasteiger partial charge in [-0.05, 0) is 17.5 Å². The Hall–Kier alpha value is -1.22. The lowest BCUT2D eigenvalue weighted by Crippen LogP contribution is -1.86. The Balaban J connectivity index is 2.94. The minimum atomic E-state index is -0.687. The SMILES string of the molecule is Fc1cc(F)c2c(Cl)nccc2c1. The fraction of sp³-hybridized carbons (Fsp3) is 0. The van der Waals surface area contributed by atoms with Crippen LogP contribution in [-0.2, 0) is 0 Å². The second kappa shape index (κ2) is 2.92. The molecule has 1 aromatic carbocycles. The fourth-order valence-electron chi connectivity index (χ4n) is 1.19. The molecule has 66 valence electrons. The molecule has 1 nitrogen and oxygen atoms in total. The van der Waals surface area contributed by atoms with Gasteiger partial charge in [-0.3, -0.25) is 0 Å². The molecular formula is C9H4ClF2N. The summed E-state index contributed by atoms with van der Waals surface area (Å²) >= 11 is 5.64. The zero-order valence-electron chi connectivity index (χ0n) is 6.39. The van der Waals surface area contributed by atoms with E-state index in [1.807, 2.05) is 0 Å². The van der Waals surface area contributed by atoms with E-state index in [1.54, 1.807) is 0 Å². The molecule has 13 heavy (non-hydrogen) atoms. The minimum Gasteiger partial charge on any atom is -0.244 e. The lowest BCUT2D eigenvalue weighted by Gasteiger charge is -2.00. The van der Waals surface area contributed by atoms with E-state index in [0.29, 0.717) is 5.39 Å². The van der Waals surface area contributed by atoms with Crippen molar-refractivity contribution >= 4 is 22.4 Å². The van der Waals surface area contributed by atoms with Gasteiger partial charge in [0.25, 0.3) is 0 Å². The molecule has 0 saturated carbocycles. The molecule has 1 heterocycles. The van der Waals surface area contributed by atoms with Gasteiger partial charge in [0.05, 0.1) is 5.39 Å². The molecule has 0 unspecified atom stereocenters. The van der Waals surface area contributed by atoms with Gasteiger partial charge in [-0.15, -0.1) is 0 Å². The van der Waals surface area contributed by atoms with Crippen molar-refractivity contribution in [3.63, 3.8) is 0 Å². The second-order valence-corrected chi connectivity index (χ2v) is 2.95. The molecule has 0 aliphatic rings. The first-order valence-corrected chi connectivity index (χ1v) is 3.95. The summed E-state index contributed by atoms with van der Waals surface area (Å²) in [6.07, 6.45) is 1.41. The quantitative estimate of drug-likeness (QED) is 0.594. The van der Waals surface area contributed by atoms with E-state index in [2.05, 4.69) is 4.98 Å². The summed E-state index contributed by atoms with van der Waals surface area (Å²) in [4.78, 5) is 3.70. The molecule has 0 bridgehead atoms. The van der Waals surface area contributed by atoms with Gasteiger partial charge in [0, 0.05) is 12.3 Å². The van der Waals surface area contributed by atoms with Gasteiger partial charge in [0.1, 0.15) is 16.8 Å². The molecule has 0 amide bonds. The number of hydrogen-bond acceptors (Lipinski definition) is 1. The lowest BCUT2D eigenvalue weighted by molar-refractivity contribution is 0.592. The molecule has 2 aromatic rings. The Morgan fingerprint density at radius 3 is 2.77 bits per heavy atom. The number of hydrogen-bond donors (Lipinski definition) is 0. The summed E-state index contributed by atoms with van der Waals surface area (Å²) in [6, 6.07) is 3.51. The van der Waals surface area contributed by atoms with Crippen LogP contribution in [0.25, 0.3) is 10.8 Å². The van der Waals surface area contributed by atoms with Crippen LogP contribution in [0.15, 0.2) is 24.4 Å². The van der Waals surface area contributed by atoms with E-state index in [9.17, 15) is 8.78 Å².